The summed E-state index contributed by atoms with van der Waals surface area (Å²) < 4.78 is 6.09. The normalized spacial score (nSPS) is 16.4. The average Bonchev–Trinajstić information content (AvgIpc) is 2.77. The van der Waals surface area contributed by atoms with Crippen molar-refractivity contribution < 1.29 is 19.3 Å². The summed E-state index contributed by atoms with van der Waals surface area (Å²) in [5.41, 5.74) is 2.03. The number of nitro groups is 1. The molecule has 0 spiro atoms. The van der Waals surface area contributed by atoms with Gasteiger partial charge in [-0.05, 0) is 23.8 Å². The van der Waals surface area contributed by atoms with Crippen molar-refractivity contribution in [3.05, 3.63) is 105 Å². The molecule has 4 rings (SSSR count). The van der Waals surface area contributed by atoms with Crippen LogP contribution >= 0.6 is 11.6 Å². The molecule has 1 aliphatic heterocycles. The van der Waals surface area contributed by atoms with E-state index in [1.165, 1.54) is 12.1 Å². The van der Waals surface area contributed by atoms with E-state index < -0.39 is 10.9 Å². The van der Waals surface area contributed by atoms with Gasteiger partial charge in [0.1, 0.15) is 11.9 Å². The van der Waals surface area contributed by atoms with Gasteiger partial charge in [0.05, 0.1) is 21.2 Å². The number of rotatable bonds is 4. The van der Waals surface area contributed by atoms with Crippen molar-refractivity contribution in [2.75, 3.05) is 0 Å². The molecular weight excluding hydrogens is 408 g/mol. The summed E-state index contributed by atoms with van der Waals surface area (Å²) in [6, 6.07) is 20.6. The van der Waals surface area contributed by atoms with Crippen LogP contribution in [0.4, 0.5) is 5.69 Å². The molecule has 3 aromatic carbocycles. The van der Waals surface area contributed by atoms with Crippen LogP contribution in [-0.2, 0) is 4.84 Å². The quantitative estimate of drug-likeness (QED) is 0.322. The van der Waals surface area contributed by atoms with Crippen LogP contribution < -0.4 is 4.74 Å². The van der Waals surface area contributed by atoms with E-state index in [0.717, 1.165) is 17.2 Å². The molecule has 0 amide bonds. The molecule has 0 fully saturated rings. The number of non-ortho nitro benzene ring substituents is 1. The van der Waals surface area contributed by atoms with E-state index in [-0.39, 0.29) is 22.4 Å². The maximum absolute atomic E-state index is 12.4. The fourth-order valence-electron chi connectivity index (χ4n) is 3.16. The zero-order valence-electron chi connectivity index (χ0n) is 15.5. The molecule has 1 heterocycles. The predicted molar refractivity (Wildman–Crippen MR) is 111 cm³/mol. The van der Waals surface area contributed by atoms with E-state index in [1.807, 2.05) is 54.6 Å². The Morgan fingerprint density at radius 1 is 1.10 bits per heavy atom. The monoisotopic (exact) mass is 422 g/mol. The minimum atomic E-state index is -0.803. The fourth-order valence-corrected chi connectivity index (χ4v) is 3.41. The number of fused-ring (bicyclic) bond motifs is 1. The van der Waals surface area contributed by atoms with E-state index in [9.17, 15) is 14.9 Å². The van der Waals surface area contributed by atoms with E-state index in [1.54, 1.807) is 0 Å². The van der Waals surface area contributed by atoms with E-state index in [2.05, 4.69) is 5.16 Å². The molecule has 3 aromatic rings. The van der Waals surface area contributed by atoms with Crippen molar-refractivity contribution in [1.29, 1.82) is 0 Å². The Hall–Kier alpha value is -3.71. The number of nitro benzene ring substituents is 1. The molecule has 1 aliphatic rings. The van der Waals surface area contributed by atoms with Gasteiger partial charge in [-0.15, -0.1) is 0 Å². The molecule has 0 aromatic heterocycles. The van der Waals surface area contributed by atoms with Crippen molar-refractivity contribution in [3.8, 4) is 5.75 Å². The van der Waals surface area contributed by atoms with Gasteiger partial charge in [0.15, 0.2) is 0 Å². The van der Waals surface area contributed by atoms with Gasteiger partial charge in [0.25, 0.3) is 5.69 Å². The summed E-state index contributed by atoms with van der Waals surface area (Å²) in [5.74, 6) is -0.164. The summed E-state index contributed by atoms with van der Waals surface area (Å²) in [4.78, 5) is 27.8. The zero-order chi connectivity index (χ0) is 21.1. The number of carbonyl (C=O) groups excluding carboxylic acids is 1. The highest BCUT2D eigenvalue weighted by molar-refractivity contribution is 6.33. The van der Waals surface area contributed by atoms with Crippen LogP contribution in [-0.4, -0.2) is 16.6 Å². The summed E-state index contributed by atoms with van der Waals surface area (Å²) in [6.07, 6.45) is 0.129. The smallest absolute Gasteiger partial charge is 0.367 e. The average molecular weight is 423 g/mol. The van der Waals surface area contributed by atoms with Gasteiger partial charge in [0.2, 0.25) is 0 Å². The topological polar surface area (TPSA) is 91.0 Å². The standard InChI is InChI=1S/C22H15ClN2O5/c23-18-12-15(25(27)28)10-11-16(18)22(26)30-24-19-13-21(14-6-2-1-3-7-14)29-20-9-5-4-8-17(19)20/h1-12,21H,13H2/b24-19+. The molecule has 30 heavy (non-hydrogen) atoms. The molecule has 0 radical (unpaired) electrons. The van der Waals surface area contributed by atoms with Crippen LogP contribution in [0, 0.1) is 10.1 Å². The van der Waals surface area contributed by atoms with Crippen molar-refractivity contribution in [3.63, 3.8) is 0 Å². The van der Waals surface area contributed by atoms with Crippen LogP contribution in [0.25, 0.3) is 0 Å². The lowest BCUT2D eigenvalue weighted by Gasteiger charge is -2.27. The van der Waals surface area contributed by atoms with E-state index in [0.29, 0.717) is 17.9 Å². The Labute approximate surface area is 176 Å². The fraction of sp³-hybridized carbons (Fsp3) is 0.0909. The number of carbonyl (C=O) groups is 1. The minimum Gasteiger partial charge on any atom is -0.485 e. The maximum atomic E-state index is 12.4. The highest BCUT2D eigenvalue weighted by Crippen LogP contribution is 2.35. The Morgan fingerprint density at radius 3 is 2.57 bits per heavy atom. The lowest BCUT2D eigenvalue weighted by atomic mass is 9.96. The SMILES string of the molecule is O=C(O/N=C1\CC(c2ccccc2)Oc2ccccc21)c1ccc([N+](=O)[O-])cc1Cl. The highest BCUT2D eigenvalue weighted by Gasteiger charge is 2.27. The lowest BCUT2D eigenvalue weighted by molar-refractivity contribution is -0.384. The van der Waals surface area contributed by atoms with Gasteiger partial charge in [-0.25, -0.2) is 4.79 Å². The second-order valence-electron chi connectivity index (χ2n) is 6.56. The molecule has 0 aliphatic carbocycles. The summed E-state index contributed by atoms with van der Waals surface area (Å²) in [7, 11) is 0. The number of hydrogen-bond acceptors (Lipinski definition) is 6. The molecular formula is C22H15ClN2O5. The number of nitrogens with zero attached hydrogens (tertiary/aromatic N) is 2. The molecule has 150 valence electrons. The largest absolute Gasteiger partial charge is 0.485 e. The molecule has 0 N–H and O–H groups in total. The van der Waals surface area contributed by atoms with Gasteiger partial charge in [-0.1, -0.05) is 59.2 Å². The first-order chi connectivity index (χ1) is 14.5. The van der Waals surface area contributed by atoms with Crippen LogP contribution in [0.15, 0.2) is 78.0 Å². The number of halogens is 1. The van der Waals surface area contributed by atoms with Gasteiger partial charge < -0.3 is 9.57 Å². The van der Waals surface area contributed by atoms with Crippen molar-refractivity contribution in [2.45, 2.75) is 12.5 Å². The Balaban J connectivity index is 1.60. The number of oxime groups is 1. The minimum absolute atomic E-state index is 0.00780. The van der Waals surface area contributed by atoms with E-state index >= 15 is 0 Å². The lowest BCUT2D eigenvalue weighted by Crippen LogP contribution is -2.21. The number of ether oxygens (including phenoxy) is 1. The second-order valence-corrected chi connectivity index (χ2v) is 6.96. The third-order valence-corrected chi connectivity index (χ3v) is 4.95. The van der Waals surface area contributed by atoms with Crippen LogP contribution in [0.1, 0.15) is 34.0 Å². The molecule has 7 nitrogen and oxygen atoms in total. The summed E-state index contributed by atoms with van der Waals surface area (Å²) >= 11 is 6.00. The van der Waals surface area contributed by atoms with Crippen LogP contribution in [0.3, 0.4) is 0 Å². The third kappa shape index (κ3) is 4.01. The molecule has 0 bridgehead atoms. The molecule has 1 atom stereocenters. The molecule has 0 saturated heterocycles. The molecule has 1 unspecified atom stereocenters. The second kappa shape index (κ2) is 8.34. The maximum Gasteiger partial charge on any atom is 0.367 e. The predicted octanol–water partition coefficient (Wildman–Crippen LogP) is 5.33. The Bertz CT molecular complexity index is 1150. The molecule has 0 saturated carbocycles. The summed E-state index contributed by atoms with van der Waals surface area (Å²) in [6.45, 7) is 0. The van der Waals surface area contributed by atoms with Crippen LogP contribution in [0.2, 0.25) is 5.02 Å². The van der Waals surface area contributed by atoms with E-state index in [4.69, 9.17) is 21.2 Å². The van der Waals surface area contributed by atoms with Crippen molar-refractivity contribution in [2.24, 2.45) is 5.16 Å². The summed E-state index contributed by atoms with van der Waals surface area (Å²) in [5, 5.41) is 14.8. The first-order valence-electron chi connectivity index (χ1n) is 9.06. The van der Waals surface area contributed by atoms with Crippen LogP contribution in [0.5, 0.6) is 5.75 Å². The number of hydrogen-bond donors (Lipinski definition) is 0. The third-order valence-electron chi connectivity index (χ3n) is 4.64. The Morgan fingerprint density at radius 2 is 1.83 bits per heavy atom. The Kier molecular flexibility index (Phi) is 5.45. The van der Waals surface area contributed by atoms with Gasteiger partial charge in [0, 0.05) is 24.1 Å². The first kappa shape index (κ1) is 19.6. The van der Waals surface area contributed by atoms with Gasteiger partial charge in [-0.2, -0.15) is 0 Å². The zero-order valence-corrected chi connectivity index (χ0v) is 16.3. The van der Waals surface area contributed by atoms with Gasteiger partial charge in [-0.3, -0.25) is 10.1 Å². The highest BCUT2D eigenvalue weighted by atomic mass is 35.5. The van der Waals surface area contributed by atoms with Crippen molar-refractivity contribution in [1.82, 2.24) is 0 Å². The first-order valence-corrected chi connectivity index (χ1v) is 9.44. The number of benzene rings is 3. The van der Waals surface area contributed by atoms with Crippen molar-refractivity contribution >= 4 is 29.0 Å². The van der Waals surface area contributed by atoms with Gasteiger partial charge >= 0.3 is 5.97 Å². The molecule has 8 heteroatoms. The number of para-hydroxylation sites is 1.